The first-order valence-electron chi connectivity index (χ1n) is 9.06. The molecule has 1 amide bonds. The number of sulfonamides is 1. The fourth-order valence-corrected chi connectivity index (χ4v) is 3.70. The molecule has 0 fully saturated rings. The molecular formula is C22H18N4O3S. The van der Waals surface area contributed by atoms with Crippen LogP contribution >= 0.6 is 0 Å². The number of carbonyl (C=O) groups excluding carboxylic acids is 1. The minimum atomic E-state index is -3.75. The lowest BCUT2D eigenvalue weighted by Crippen LogP contribution is -2.18. The molecule has 0 atom stereocenters. The van der Waals surface area contributed by atoms with Crippen LogP contribution in [0.25, 0.3) is 22.0 Å². The van der Waals surface area contributed by atoms with Crippen LogP contribution in [0, 0.1) is 0 Å². The second-order valence-corrected chi connectivity index (χ2v) is 8.16. The van der Waals surface area contributed by atoms with Crippen molar-refractivity contribution < 1.29 is 13.2 Å². The summed E-state index contributed by atoms with van der Waals surface area (Å²) < 4.78 is 22.6. The van der Waals surface area contributed by atoms with Gasteiger partial charge in [0.2, 0.25) is 10.0 Å². The van der Waals surface area contributed by atoms with Crippen molar-refractivity contribution in [2.45, 2.75) is 4.90 Å². The minimum absolute atomic E-state index is 0.00858. The number of aromatic amines is 1. The summed E-state index contributed by atoms with van der Waals surface area (Å²) >= 11 is 0. The zero-order chi connectivity index (χ0) is 21.1. The van der Waals surface area contributed by atoms with Gasteiger partial charge in [-0.3, -0.25) is 4.79 Å². The summed E-state index contributed by atoms with van der Waals surface area (Å²) in [5.41, 5.74) is 6.11. The third-order valence-corrected chi connectivity index (χ3v) is 5.51. The molecule has 0 bridgehead atoms. The lowest BCUT2D eigenvalue weighted by atomic mass is 10.0. The molecule has 0 aliphatic heterocycles. The van der Waals surface area contributed by atoms with E-state index in [9.17, 15) is 13.2 Å². The quantitative estimate of drug-likeness (QED) is 0.341. The summed E-state index contributed by atoms with van der Waals surface area (Å²) in [7, 11) is -3.75. The van der Waals surface area contributed by atoms with E-state index in [-0.39, 0.29) is 10.8 Å². The number of rotatable bonds is 5. The molecule has 4 aromatic rings. The Morgan fingerprint density at radius 2 is 1.60 bits per heavy atom. The molecule has 0 radical (unpaired) electrons. The Hall–Kier alpha value is -3.75. The smallest absolute Gasteiger partial charge is 0.288 e. The molecular weight excluding hydrogens is 400 g/mol. The van der Waals surface area contributed by atoms with Gasteiger partial charge in [0.1, 0.15) is 5.69 Å². The summed E-state index contributed by atoms with van der Waals surface area (Å²) in [6, 6.07) is 23.2. The van der Waals surface area contributed by atoms with Crippen LogP contribution in [-0.2, 0) is 10.0 Å². The molecule has 150 valence electrons. The summed E-state index contributed by atoms with van der Waals surface area (Å²) in [5.74, 6) is -0.387. The molecule has 0 aliphatic carbocycles. The third-order valence-electron chi connectivity index (χ3n) is 4.58. The number of benzene rings is 3. The highest BCUT2D eigenvalue weighted by atomic mass is 32.2. The molecule has 30 heavy (non-hydrogen) atoms. The summed E-state index contributed by atoms with van der Waals surface area (Å²) in [5, 5.41) is 10.0. The van der Waals surface area contributed by atoms with Crippen LogP contribution in [0.4, 0.5) is 0 Å². The van der Waals surface area contributed by atoms with Crippen molar-refractivity contribution in [1.29, 1.82) is 0 Å². The Morgan fingerprint density at radius 3 is 2.30 bits per heavy atom. The van der Waals surface area contributed by atoms with Gasteiger partial charge in [0, 0.05) is 16.5 Å². The number of primary sulfonamides is 1. The first-order valence-corrected chi connectivity index (χ1v) is 10.6. The highest BCUT2D eigenvalue weighted by Gasteiger charge is 2.18. The van der Waals surface area contributed by atoms with Crippen molar-refractivity contribution in [1.82, 2.24) is 10.4 Å². The van der Waals surface area contributed by atoms with Crippen molar-refractivity contribution in [3.8, 4) is 11.1 Å². The maximum atomic E-state index is 12.8. The lowest BCUT2D eigenvalue weighted by Gasteiger charge is -2.04. The first kappa shape index (κ1) is 19.6. The lowest BCUT2D eigenvalue weighted by molar-refractivity contribution is 0.0951. The Morgan fingerprint density at radius 1 is 0.933 bits per heavy atom. The fraction of sp³-hybridized carbons (Fsp3) is 0. The van der Waals surface area contributed by atoms with Crippen molar-refractivity contribution in [2.75, 3.05) is 0 Å². The summed E-state index contributed by atoms with van der Waals surface area (Å²) in [4.78, 5) is 16.0. The average Bonchev–Trinajstić information content (AvgIpc) is 3.14. The Labute approximate surface area is 173 Å². The molecule has 0 saturated carbocycles. The number of hydrogen-bond donors (Lipinski definition) is 3. The average molecular weight is 418 g/mol. The van der Waals surface area contributed by atoms with Crippen LogP contribution in [0.15, 0.2) is 88.9 Å². The zero-order valence-electron chi connectivity index (χ0n) is 15.7. The number of carbonyl (C=O) groups is 1. The van der Waals surface area contributed by atoms with E-state index >= 15 is 0 Å². The van der Waals surface area contributed by atoms with Crippen molar-refractivity contribution in [3.63, 3.8) is 0 Å². The normalized spacial score (nSPS) is 11.8. The Balaban J connectivity index is 1.60. The van der Waals surface area contributed by atoms with Gasteiger partial charge in [0.25, 0.3) is 5.91 Å². The molecule has 1 heterocycles. The second kappa shape index (κ2) is 7.94. The van der Waals surface area contributed by atoms with Crippen LogP contribution in [0.2, 0.25) is 0 Å². The van der Waals surface area contributed by atoms with E-state index in [0.717, 1.165) is 22.0 Å². The monoisotopic (exact) mass is 418 g/mol. The molecule has 3 aromatic carbocycles. The van der Waals surface area contributed by atoms with Gasteiger partial charge in [0.05, 0.1) is 11.1 Å². The Kier molecular flexibility index (Phi) is 5.18. The molecule has 7 nitrogen and oxygen atoms in total. The number of aromatic nitrogens is 1. The van der Waals surface area contributed by atoms with E-state index in [0.29, 0.717) is 11.3 Å². The van der Waals surface area contributed by atoms with Crippen LogP contribution in [0.3, 0.4) is 0 Å². The van der Waals surface area contributed by atoms with Crippen LogP contribution in [0.1, 0.15) is 16.1 Å². The number of nitrogens with one attached hydrogen (secondary N) is 2. The minimum Gasteiger partial charge on any atom is -0.350 e. The Bertz CT molecular complexity index is 1340. The number of fused-ring (bicyclic) bond motifs is 1. The molecule has 4 N–H and O–H groups in total. The van der Waals surface area contributed by atoms with Crippen molar-refractivity contribution >= 4 is 33.0 Å². The topological polar surface area (TPSA) is 117 Å². The maximum Gasteiger partial charge on any atom is 0.288 e. The number of hydrogen-bond acceptors (Lipinski definition) is 4. The van der Waals surface area contributed by atoms with Crippen LogP contribution < -0.4 is 10.6 Å². The maximum absolute atomic E-state index is 12.8. The van der Waals surface area contributed by atoms with Gasteiger partial charge >= 0.3 is 0 Å². The van der Waals surface area contributed by atoms with E-state index in [1.54, 1.807) is 12.1 Å². The van der Waals surface area contributed by atoms with Crippen molar-refractivity contribution in [3.05, 3.63) is 90.1 Å². The highest BCUT2D eigenvalue weighted by Crippen LogP contribution is 2.32. The zero-order valence-corrected chi connectivity index (χ0v) is 16.6. The number of nitrogens with zero attached hydrogens (tertiary/aromatic N) is 1. The van der Waals surface area contributed by atoms with E-state index in [1.165, 1.54) is 18.3 Å². The van der Waals surface area contributed by atoms with Gasteiger partial charge in [-0.05, 0) is 29.3 Å². The van der Waals surface area contributed by atoms with E-state index < -0.39 is 10.0 Å². The first-order chi connectivity index (χ1) is 14.4. The predicted molar refractivity (Wildman–Crippen MR) is 117 cm³/mol. The van der Waals surface area contributed by atoms with Gasteiger partial charge in [-0.15, -0.1) is 0 Å². The molecule has 0 spiro atoms. The van der Waals surface area contributed by atoms with Gasteiger partial charge in [-0.25, -0.2) is 19.0 Å². The molecule has 4 rings (SSSR count). The van der Waals surface area contributed by atoms with Gasteiger partial charge in [-0.2, -0.15) is 5.10 Å². The molecule has 0 unspecified atom stereocenters. The molecule has 1 aromatic heterocycles. The van der Waals surface area contributed by atoms with Crippen LogP contribution in [0.5, 0.6) is 0 Å². The molecule has 0 saturated heterocycles. The van der Waals surface area contributed by atoms with Gasteiger partial charge in [0.15, 0.2) is 0 Å². The highest BCUT2D eigenvalue weighted by molar-refractivity contribution is 7.89. The van der Waals surface area contributed by atoms with Crippen molar-refractivity contribution in [2.24, 2.45) is 10.2 Å². The number of H-pyrrole nitrogens is 1. The number of nitrogens with two attached hydrogens (primary N) is 1. The standard InChI is InChI=1S/C22H18N4O3S/c23-30(28,29)17-12-10-15(11-13-17)14-24-26-22(27)21-20(16-6-2-1-3-7-16)18-8-4-5-9-19(18)25-21/h1-14,25H,(H,26,27)(H2,23,28,29)/b24-14+. The molecule has 0 aliphatic rings. The summed E-state index contributed by atoms with van der Waals surface area (Å²) in [6.45, 7) is 0. The van der Waals surface area contributed by atoms with E-state index in [1.807, 2.05) is 54.6 Å². The van der Waals surface area contributed by atoms with Gasteiger partial charge < -0.3 is 4.98 Å². The number of amides is 1. The third kappa shape index (κ3) is 4.00. The largest absolute Gasteiger partial charge is 0.350 e. The second-order valence-electron chi connectivity index (χ2n) is 6.60. The van der Waals surface area contributed by atoms with E-state index in [4.69, 9.17) is 5.14 Å². The summed E-state index contributed by atoms with van der Waals surface area (Å²) in [6.07, 6.45) is 1.43. The number of hydrazone groups is 1. The molecule has 8 heteroatoms. The van der Waals surface area contributed by atoms with Crippen LogP contribution in [-0.4, -0.2) is 25.5 Å². The SMILES string of the molecule is NS(=O)(=O)c1ccc(/C=N/NC(=O)c2[nH]c3ccccc3c2-c2ccccc2)cc1. The predicted octanol–water partition coefficient (Wildman–Crippen LogP) is 3.25. The van der Waals surface area contributed by atoms with E-state index in [2.05, 4.69) is 15.5 Å². The number of para-hydroxylation sites is 1. The van der Waals surface area contributed by atoms with Gasteiger partial charge in [-0.1, -0.05) is 60.7 Å². The fourth-order valence-electron chi connectivity index (χ4n) is 3.18.